The summed E-state index contributed by atoms with van der Waals surface area (Å²) in [6.07, 6.45) is -0.638. The molecule has 0 saturated carbocycles. The molecule has 1 aliphatic rings. The van der Waals surface area contributed by atoms with E-state index >= 15 is 0 Å². The number of carbonyl (C=O) groups excluding carboxylic acids is 2. The second-order valence-electron chi connectivity index (χ2n) is 9.29. The van der Waals surface area contributed by atoms with Gasteiger partial charge in [0.05, 0.1) is 6.61 Å². The van der Waals surface area contributed by atoms with Gasteiger partial charge >= 0.3 is 6.09 Å². The number of hydrogen-bond donors (Lipinski definition) is 2. The molecule has 31 heavy (non-hydrogen) atoms. The van der Waals surface area contributed by atoms with Crippen molar-refractivity contribution >= 4 is 17.7 Å². The van der Waals surface area contributed by atoms with Gasteiger partial charge in [-0.15, -0.1) is 0 Å². The van der Waals surface area contributed by atoms with Crippen LogP contribution >= 0.6 is 0 Å². The van der Waals surface area contributed by atoms with Gasteiger partial charge in [-0.05, 0) is 64.1 Å². The molecule has 7 nitrogen and oxygen atoms in total. The summed E-state index contributed by atoms with van der Waals surface area (Å²) < 4.78 is 17.0. The second-order valence-corrected chi connectivity index (χ2v) is 9.29. The van der Waals surface area contributed by atoms with Gasteiger partial charge in [-0.3, -0.25) is 4.79 Å². The molecule has 2 N–H and O–H groups in total. The van der Waals surface area contributed by atoms with Crippen LogP contribution in [0.3, 0.4) is 0 Å². The lowest BCUT2D eigenvalue weighted by molar-refractivity contribution is -0.117. The molecule has 0 radical (unpaired) electrons. The summed E-state index contributed by atoms with van der Waals surface area (Å²) >= 11 is 0. The molecule has 0 bridgehead atoms. The Balaban J connectivity index is 1.61. The molecular formula is C24H30N2O5. The van der Waals surface area contributed by atoms with Crippen molar-refractivity contribution < 1.29 is 23.8 Å². The third-order valence-corrected chi connectivity index (χ3v) is 4.73. The molecule has 1 aliphatic heterocycles. The molecule has 0 unspecified atom stereocenters. The maximum atomic E-state index is 12.4. The van der Waals surface area contributed by atoms with Crippen LogP contribution in [-0.2, 0) is 14.9 Å². The molecule has 2 aromatic rings. The third kappa shape index (κ3) is 5.69. The lowest BCUT2D eigenvalue weighted by atomic mass is 9.86. The summed E-state index contributed by atoms with van der Waals surface area (Å²) in [4.78, 5) is 24.2. The van der Waals surface area contributed by atoms with Crippen LogP contribution in [0, 0.1) is 0 Å². The number of anilines is 1. The van der Waals surface area contributed by atoms with Crippen LogP contribution in [0.25, 0.3) is 0 Å². The highest BCUT2D eigenvalue weighted by Gasteiger charge is 2.35. The quantitative estimate of drug-likeness (QED) is 0.703. The van der Waals surface area contributed by atoms with Crippen molar-refractivity contribution in [2.45, 2.75) is 58.6 Å². The van der Waals surface area contributed by atoms with Gasteiger partial charge in [0.25, 0.3) is 0 Å². The summed E-state index contributed by atoms with van der Waals surface area (Å²) in [5.74, 6) is 1.90. The number of hydrogen-bond acceptors (Lipinski definition) is 5. The Kier molecular flexibility index (Phi) is 6.15. The standard InChI is InChI=1S/C24H30N2O5/c1-15(25-22(28)31-23(2,3)4)21(27)26-16-10-12-17(13-11-16)30-19-9-7-8-18-20(19)24(5,6)14-29-18/h7-13,15H,14H2,1-6H3,(H,25,28)(H,26,27)/t15-/m1/s1. The Labute approximate surface area is 183 Å². The number of ether oxygens (including phenoxy) is 3. The lowest BCUT2D eigenvalue weighted by Gasteiger charge is -2.21. The van der Waals surface area contributed by atoms with Crippen LogP contribution in [-0.4, -0.2) is 30.3 Å². The fourth-order valence-electron chi connectivity index (χ4n) is 3.25. The average Bonchev–Trinajstić information content (AvgIpc) is 2.97. The monoisotopic (exact) mass is 426 g/mol. The Morgan fingerprint density at radius 2 is 1.77 bits per heavy atom. The van der Waals surface area contributed by atoms with E-state index in [1.165, 1.54) is 0 Å². The smallest absolute Gasteiger partial charge is 0.408 e. The van der Waals surface area contributed by atoms with Gasteiger partial charge in [-0.2, -0.15) is 0 Å². The first-order chi connectivity index (χ1) is 14.4. The predicted molar refractivity (Wildman–Crippen MR) is 119 cm³/mol. The molecule has 0 spiro atoms. The summed E-state index contributed by atoms with van der Waals surface area (Å²) in [7, 11) is 0. The normalized spacial score (nSPS) is 15.3. The van der Waals surface area contributed by atoms with Crippen LogP contribution in [0.4, 0.5) is 10.5 Å². The van der Waals surface area contributed by atoms with E-state index < -0.39 is 17.7 Å². The number of carbonyl (C=O) groups is 2. The summed E-state index contributed by atoms with van der Waals surface area (Å²) in [6.45, 7) is 11.7. The van der Waals surface area contributed by atoms with Crippen molar-refractivity contribution in [3.05, 3.63) is 48.0 Å². The van der Waals surface area contributed by atoms with Crippen molar-refractivity contribution in [1.82, 2.24) is 5.32 Å². The molecule has 0 saturated heterocycles. The van der Waals surface area contributed by atoms with E-state index in [2.05, 4.69) is 24.5 Å². The van der Waals surface area contributed by atoms with Gasteiger partial charge < -0.3 is 24.8 Å². The average molecular weight is 427 g/mol. The number of alkyl carbamates (subject to hydrolysis) is 1. The first kappa shape index (κ1) is 22.5. The van der Waals surface area contributed by atoms with Crippen LogP contribution in [0.5, 0.6) is 17.2 Å². The minimum absolute atomic E-state index is 0.128. The van der Waals surface area contributed by atoms with E-state index in [0.29, 0.717) is 18.0 Å². The Morgan fingerprint density at radius 1 is 1.10 bits per heavy atom. The van der Waals surface area contributed by atoms with Crippen molar-refractivity contribution in [2.75, 3.05) is 11.9 Å². The number of nitrogens with one attached hydrogen (secondary N) is 2. The van der Waals surface area contributed by atoms with E-state index in [-0.39, 0.29) is 11.3 Å². The SMILES string of the molecule is C[C@@H](NC(=O)OC(C)(C)C)C(=O)Nc1ccc(Oc2cccc3c2C(C)(C)CO3)cc1. The van der Waals surface area contributed by atoms with Gasteiger partial charge in [0.15, 0.2) is 0 Å². The van der Waals surface area contributed by atoms with E-state index in [1.54, 1.807) is 52.0 Å². The summed E-state index contributed by atoms with van der Waals surface area (Å²) in [5, 5.41) is 5.29. The van der Waals surface area contributed by atoms with Gasteiger partial charge in [-0.1, -0.05) is 19.9 Å². The molecule has 0 fully saturated rings. The zero-order valence-corrected chi connectivity index (χ0v) is 18.9. The van der Waals surface area contributed by atoms with E-state index in [9.17, 15) is 9.59 Å². The fraction of sp³-hybridized carbons (Fsp3) is 0.417. The molecule has 0 aromatic heterocycles. The molecule has 3 rings (SSSR count). The molecule has 1 atom stereocenters. The highest BCUT2D eigenvalue weighted by atomic mass is 16.6. The van der Waals surface area contributed by atoms with Crippen molar-refractivity contribution in [3.8, 4) is 17.2 Å². The number of benzene rings is 2. The molecule has 2 amide bonds. The van der Waals surface area contributed by atoms with Crippen LogP contribution in [0.2, 0.25) is 0 Å². The van der Waals surface area contributed by atoms with E-state index in [1.807, 2.05) is 18.2 Å². The number of rotatable bonds is 5. The number of fused-ring (bicyclic) bond motifs is 1. The highest BCUT2D eigenvalue weighted by molar-refractivity contribution is 5.96. The Hall–Kier alpha value is -3.22. The predicted octanol–water partition coefficient (Wildman–Crippen LogP) is 5.00. The van der Waals surface area contributed by atoms with Crippen LogP contribution in [0.1, 0.15) is 47.1 Å². The van der Waals surface area contributed by atoms with Crippen molar-refractivity contribution in [3.63, 3.8) is 0 Å². The van der Waals surface area contributed by atoms with Gasteiger partial charge in [-0.25, -0.2) is 4.79 Å². The minimum atomic E-state index is -0.750. The Bertz CT molecular complexity index is 961. The molecule has 0 aliphatic carbocycles. The Morgan fingerprint density at radius 3 is 2.42 bits per heavy atom. The minimum Gasteiger partial charge on any atom is -0.492 e. The van der Waals surface area contributed by atoms with E-state index in [0.717, 1.165) is 17.1 Å². The maximum Gasteiger partial charge on any atom is 0.408 e. The molecule has 1 heterocycles. The van der Waals surface area contributed by atoms with Gasteiger partial charge in [0, 0.05) is 16.7 Å². The summed E-state index contributed by atoms with van der Waals surface area (Å²) in [6, 6.07) is 12.1. The van der Waals surface area contributed by atoms with Crippen molar-refractivity contribution in [2.24, 2.45) is 0 Å². The first-order valence-corrected chi connectivity index (χ1v) is 10.3. The zero-order valence-electron chi connectivity index (χ0n) is 18.9. The van der Waals surface area contributed by atoms with Crippen molar-refractivity contribution in [1.29, 1.82) is 0 Å². The maximum absolute atomic E-state index is 12.4. The van der Waals surface area contributed by atoms with Crippen LogP contribution < -0.4 is 20.1 Å². The second kappa shape index (κ2) is 8.49. The van der Waals surface area contributed by atoms with E-state index in [4.69, 9.17) is 14.2 Å². The highest BCUT2D eigenvalue weighted by Crippen LogP contribution is 2.45. The molecule has 7 heteroatoms. The lowest BCUT2D eigenvalue weighted by Crippen LogP contribution is -2.43. The molecule has 2 aromatic carbocycles. The zero-order chi connectivity index (χ0) is 22.8. The fourth-order valence-corrected chi connectivity index (χ4v) is 3.25. The van der Waals surface area contributed by atoms with Gasteiger partial charge in [0.2, 0.25) is 5.91 Å². The largest absolute Gasteiger partial charge is 0.492 e. The third-order valence-electron chi connectivity index (χ3n) is 4.73. The first-order valence-electron chi connectivity index (χ1n) is 10.3. The van der Waals surface area contributed by atoms with Crippen LogP contribution in [0.15, 0.2) is 42.5 Å². The summed E-state index contributed by atoms with van der Waals surface area (Å²) in [5.41, 5.74) is 0.888. The number of amides is 2. The topological polar surface area (TPSA) is 85.9 Å². The molecule has 166 valence electrons. The molecular weight excluding hydrogens is 396 g/mol. The van der Waals surface area contributed by atoms with Gasteiger partial charge in [0.1, 0.15) is 28.9 Å².